The summed E-state index contributed by atoms with van der Waals surface area (Å²) in [4.78, 5) is 27.7. The number of rotatable bonds is 3. The number of allylic oxidation sites excluding steroid dienone is 1. The molecule has 0 unspecified atom stereocenters. The predicted molar refractivity (Wildman–Crippen MR) is 106 cm³/mol. The molecule has 2 saturated heterocycles. The SMILES string of the molecule is CCOC(=O)N1CC[NH+](C[C@H]2C(=O)O[C@@H]3CC4=CCC[C@H](C)[C@@]4(C)[C@@H](O)[C@@H]32)CC1. The Balaban J connectivity index is 1.44. The molecule has 0 radical (unpaired) electrons. The van der Waals surface area contributed by atoms with Gasteiger partial charge in [0.2, 0.25) is 0 Å². The molecule has 2 aliphatic carbocycles. The number of nitrogens with one attached hydrogen (secondary N) is 1. The van der Waals surface area contributed by atoms with E-state index >= 15 is 0 Å². The molecule has 3 fully saturated rings. The van der Waals surface area contributed by atoms with E-state index in [2.05, 4.69) is 19.9 Å². The van der Waals surface area contributed by atoms with Crippen LogP contribution in [0.5, 0.6) is 0 Å². The molecule has 0 aromatic heterocycles. The molecule has 2 heterocycles. The Morgan fingerprint density at radius 1 is 1.41 bits per heavy atom. The Labute approximate surface area is 173 Å². The van der Waals surface area contributed by atoms with E-state index in [9.17, 15) is 14.7 Å². The second kappa shape index (κ2) is 7.91. The molecule has 0 bridgehead atoms. The molecule has 0 aromatic carbocycles. The number of fused-ring (bicyclic) bond motifs is 2. The number of quaternary nitrogens is 1. The van der Waals surface area contributed by atoms with Gasteiger partial charge >= 0.3 is 12.1 Å². The van der Waals surface area contributed by atoms with Gasteiger partial charge < -0.3 is 19.5 Å². The Morgan fingerprint density at radius 2 is 2.14 bits per heavy atom. The molecule has 1 amide bonds. The predicted octanol–water partition coefficient (Wildman–Crippen LogP) is 0.628. The zero-order valence-electron chi connectivity index (χ0n) is 17.9. The molecule has 4 rings (SSSR count). The average Bonchev–Trinajstić information content (AvgIpc) is 3.00. The summed E-state index contributed by atoms with van der Waals surface area (Å²) >= 11 is 0. The van der Waals surface area contributed by atoms with Crippen molar-refractivity contribution >= 4 is 12.1 Å². The zero-order valence-corrected chi connectivity index (χ0v) is 17.9. The maximum atomic E-state index is 12.8. The van der Waals surface area contributed by atoms with Gasteiger partial charge in [-0.15, -0.1) is 0 Å². The third-order valence-corrected chi connectivity index (χ3v) is 8.08. The van der Waals surface area contributed by atoms with E-state index < -0.39 is 6.10 Å². The summed E-state index contributed by atoms with van der Waals surface area (Å²) in [6.07, 6.45) is 4.13. The number of piperazine rings is 1. The molecular weight excluding hydrogens is 372 g/mol. The molecule has 2 aliphatic heterocycles. The number of esters is 1. The molecule has 29 heavy (non-hydrogen) atoms. The Morgan fingerprint density at radius 3 is 2.83 bits per heavy atom. The van der Waals surface area contributed by atoms with E-state index in [4.69, 9.17) is 9.47 Å². The van der Waals surface area contributed by atoms with Gasteiger partial charge in [-0.2, -0.15) is 0 Å². The number of aliphatic hydroxyl groups is 1. The molecule has 2 N–H and O–H groups in total. The number of ether oxygens (including phenoxy) is 2. The third kappa shape index (κ3) is 3.46. The van der Waals surface area contributed by atoms with Crippen molar-refractivity contribution in [2.24, 2.45) is 23.2 Å². The second-order valence-electron chi connectivity index (χ2n) is 9.44. The van der Waals surface area contributed by atoms with Crippen LogP contribution in [0, 0.1) is 23.2 Å². The molecule has 6 atom stereocenters. The molecular formula is C22H35N2O5+. The first-order valence-electron chi connectivity index (χ1n) is 11.2. The standard InChI is InChI=1S/C22H34N2O5/c1-4-28-21(27)24-10-8-23(9-11-24)13-16-18-17(29-20(16)26)12-15-7-5-6-14(2)22(15,3)19(18)25/h7,14,16-19,25H,4-6,8-13H2,1-3H3/p+1/t14-,16+,17+,18+,19-,22+/m0/s1. The summed E-state index contributed by atoms with van der Waals surface area (Å²) < 4.78 is 10.9. The van der Waals surface area contributed by atoms with Crippen molar-refractivity contribution in [1.82, 2.24) is 4.90 Å². The Bertz CT molecular complexity index is 687. The van der Waals surface area contributed by atoms with Crippen LogP contribution in [0.3, 0.4) is 0 Å². The molecule has 1 saturated carbocycles. The highest BCUT2D eigenvalue weighted by Crippen LogP contribution is 2.55. The lowest BCUT2D eigenvalue weighted by Crippen LogP contribution is -3.15. The van der Waals surface area contributed by atoms with Crippen LogP contribution in [0.15, 0.2) is 11.6 Å². The maximum Gasteiger partial charge on any atom is 0.410 e. The minimum Gasteiger partial charge on any atom is -0.461 e. The minimum atomic E-state index is -0.556. The molecule has 7 heteroatoms. The number of carbonyl (C=O) groups is 2. The van der Waals surface area contributed by atoms with Crippen LogP contribution in [0.2, 0.25) is 0 Å². The van der Waals surface area contributed by atoms with Crippen molar-refractivity contribution in [3.05, 3.63) is 11.6 Å². The van der Waals surface area contributed by atoms with Gasteiger partial charge in [0.1, 0.15) is 12.0 Å². The summed E-state index contributed by atoms with van der Waals surface area (Å²) in [5, 5.41) is 11.4. The van der Waals surface area contributed by atoms with Gasteiger partial charge in [-0.25, -0.2) is 4.79 Å². The average molecular weight is 408 g/mol. The largest absolute Gasteiger partial charge is 0.461 e. The van der Waals surface area contributed by atoms with Gasteiger partial charge in [0.25, 0.3) is 0 Å². The second-order valence-corrected chi connectivity index (χ2v) is 9.44. The highest BCUT2D eigenvalue weighted by Gasteiger charge is 2.60. The van der Waals surface area contributed by atoms with E-state index in [1.165, 1.54) is 10.5 Å². The maximum absolute atomic E-state index is 12.8. The third-order valence-electron chi connectivity index (χ3n) is 8.08. The normalized spacial score (nSPS) is 40.0. The number of carbonyl (C=O) groups excluding carboxylic acids is 2. The summed E-state index contributed by atoms with van der Waals surface area (Å²) in [5.41, 5.74) is 1.01. The topological polar surface area (TPSA) is 80.5 Å². The van der Waals surface area contributed by atoms with Crippen molar-refractivity contribution in [2.75, 3.05) is 39.3 Å². The van der Waals surface area contributed by atoms with Gasteiger partial charge in [0, 0.05) is 17.8 Å². The van der Waals surface area contributed by atoms with Crippen LogP contribution in [-0.4, -0.2) is 73.6 Å². The Kier molecular flexibility index (Phi) is 5.64. The first-order chi connectivity index (χ1) is 13.9. The first kappa shape index (κ1) is 20.7. The summed E-state index contributed by atoms with van der Waals surface area (Å²) in [7, 11) is 0. The van der Waals surface area contributed by atoms with Crippen molar-refractivity contribution in [3.63, 3.8) is 0 Å². The number of hydrogen-bond donors (Lipinski definition) is 2. The van der Waals surface area contributed by atoms with E-state index in [-0.39, 0.29) is 35.4 Å². The van der Waals surface area contributed by atoms with Crippen molar-refractivity contribution in [3.8, 4) is 0 Å². The van der Waals surface area contributed by atoms with Gasteiger partial charge in [-0.3, -0.25) is 9.69 Å². The summed E-state index contributed by atoms with van der Waals surface area (Å²) in [5.74, 6) is -0.169. The number of nitrogens with zero attached hydrogens (tertiary/aromatic N) is 1. The molecule has 0 aromatic rings. The molecule has 7 nitrogen and oxygen atoms in total. The fourth-order valence-electron chi connectivity index (χ4n) is 6.03. The smallest absolute Gasteiger partial charge is 0.410 e. The minimum absolute atomic E-state index is 0.138. The van der Waals surface area contributed by atoms with Gasteiger partial charge in [-0.1, -0.05) is 25.5 Å². The zero-order chi connectivity index (χ0) is 20.8. The van der Waals surface area contributed by atoms with Gasteiger partial charge in [-0.05, 0) is 25.7 Å². The molecule has 4 aliphatic rings. The lowest BCUT2D eigenvalue weighted by Gasteiger charge is -2.51. The fourth-order valence-corrected chi connectivity index (χ4v) is 6.03. The van der Waals surface area contributed by atoms with E-state index in [1.807, 2.05) is 6.92 Å². The molecule has 0 spiro atoms. The van der Waals surface area contributed by atoms with E-state index in [0.29, 0.717) is 32.2 Å². The fraction of sp³-hybridized carbons (Fsp3) is 0.818. The summed E-state index contributed by atoms with van der Waals surface area (Å²) in [6.45, 7) is 10.1. The lowest BCUT2D eigenvalue weighted by atomic mass is 9.55. The van der Waals surface area contributed by atoms with E-state index in [1.54, 1.807) is 4.90 Å². The highest BCUT2D eigenvalue weighted by atomic mass is 16.6. The quantitative estimate of drug-likeness (QED) is 0.530. The van der Waals surface area contributed by atoms with Crippen molar-refractivity contribution in [2.45, 2.75) is 52.2 Å². The first-order valence-corrected chi connectivity index (χ1v) is 11.2. The number of aliphatic hydroxyl groups excluding tert-OH is 1. The van der Waals surface area contributed by atoms with Crippen LogP contribution in [0.4, 0.5) is 4.79 Å². The van der Waals surface area contributed by atoms with Crippen molar-refractivity contribution in [1.29, 1.82) is 0 Å². The van der Waals surface area contributed by atoms with E-state index in [0.717, 1.165) is 32.4 Å². The van der Waals surface area contributed by atoms with Crippen LogP contribution in [-0.2, 0) is 14.3 Å². The van der Waals surface area contributed by atoms with Crippen LogP contribution >= 0.6 is 0 Å². The highest BCUT2D eigenvalue weighted by molar-refractivity contribution is 5.76. The van der Waals surface area contributed by atoms with Gasteiger partial charge in [0.15, 0.2) is 0 Å². The monoisotopic (exact) mass is 407 g/mol. The number of hydrogen-bond acceptors (Lipinski definition) is 5. The number of amides is 1. The molecule has 162 valence electrons. The van der Waals surface area contributed by atoms with Gasteiger partial charge in [0.05, 0.1) is 45.4 Å². The lowest BCUT2D eigenvalue weighted by molar-refractivity contribution is -0.906. The van der Waals surface area contributed by atoms with Crippen LogP contribution in [0.25, 0.3) is 0 Å². The van der Waals surface area contributed by atoms with Crippen molar-refractivity contribution < 1.29 is 29.1 Å². The Hall–Kier alpha value is -1.60. The van der Waals surface area contributed by atoms with Crippen LogP contribution in [0.1, 0.15) is 40.0 Å². The summed E-state index contributed by atoms with van der Waals surface area (Å²) in [6, 6.07) is 0. The van der Waals surface area contributed by atoms with Crippen LogP contribution < -0.4 is 4.90 Å².